The van der Waals surface area contributed by atoms with Gasteiger partial charge in [0, 0.05) is 28.8 Å². The lowest BCUT2D eigenvalue weighted by atomic mass is 9.97. The molecule has 0 spiro atoms. The van der Waals surface area contributed by atoms with Crippen LogP contribution in [-0.2, 0) is 6.42 Å². The summed E-state index contributed by atoms with van der Waals surface area (Å²) in [5.74, 6) is 0. The van der Waals surface area contributed by atoms with Gasteiger partial charge in [-0.25, -0.2) is 4.39 Å². The molecular formula is C11H14BrFN2. The Kier molecular flexibility index (Phi) is 3.07. The van der Waals surface area contributed by atoms with Gasteiger partial charge < -0.3 is 5.73 Å². The van der Waals surface area contributed by atoms with Crippen molar-refractivity contribution in [3.8, 4) is 0 Å². The molecule has 4 heteroatoms. The van der Waals surface area contributed by atoms with Crippen molar-refractivity contribution < 1.29 is 4.39 Å². The van der Waals surface area contributed by atoms with E-state index in [2.05, 4.69) is 20.9 Å². The summed E-state index contributed by atoms with van der Waals surface area (Å²) in [6, 6.07) is 3.76. The van der Waals surface area contributed by atoms with E-state index in [4.69, 9.17) is 5.73 Å². The number of hydrogen-bond donors (Lipinski definition) is 1. The van der Waals surface area contributed by atoms with Crippen LogP contribution < -0.4 is 5.73 Å². The zero-order valence-electron chi connectivity index (χ0n) is 8.42. The number of rotatable bonds is 2. The Hall–Kier alpha value is -0.480. The smallest absolute Gasteiger partial charge is 0.118 e. The Balaban J connectivity index is 2.05. The molecule has 1 aliphatic rings. The van der Waals surface area contributed by atoms with Gasteiger partial charge >= 0.3 is 0 Å². The van der Waals surface area contributed by atoms with E-state index < -0.39 is 5.67 Å². The van der Waals surface area contributed by atoms with Crippen molar-refractivity contribution in [1.82, 2.24) is 4.98 Å². The van der Waals surface area contributed by atoms with Gasteiger partial charge in [0.2, 0.25) is 0 Å². The zero-order valence-corrected chi connectivity index (χ0v) is 10.0. The molecule has 1 heterocycles. The van der Waals surface area contributed by atoms with E-state index in [1.807, 2.05) is 12.1 Å². The minimum atomic E-state index is -1.14. The van der Waals surface area contributed by atoms with Gasteiger partial charge in [-0.05, 0) is 47.3 Å². The summed E-state index contributed by atoms with van der Waals surface area (Å²) in [6.45, 7) is 0. The lowest BCUT2D eigenvalue weighted by Crippen LogP contribution is -2.26. The third-order valence-electron chi connectivity index (χ3n) is 2.88. The molecule has 2 unspecified atom stereocenters. The van der Waals surface area contributed by atoms with Gasteiger partial charge in [-0.1, -0.05) is 0 Å². The van der Waals surface area contributed by atoms with Crippen molar-refractivity contribution in [1.29, 1.82) is 0 Å². The topological polar surface area (TPSA) is 38.9 Å². The minimum absolute atomic E-state index is 0.0189. The van der Waals surface area contributed by atoms with Crippen LogP contribution in [0.2, 0.25) is 0 Å². The van der Waals surface area contributed by atoms with Gasteiger partial charge in [0.1, 0.15) is 5.67 Å². The maximum atomic E-state index is 14.2. The van der Waals surface area contributed by atoms with Crippen molar-refractivity contribution >= 4 is 15.9 Å². The van der Waals surface area contributed by atoms with Crippen LogP contribution in [0.5, 0.6) is 0 Å². The van der Waals surface area contributed by atoms with Gasteiger partial charge in [-0.2, -0.15) is 0 Å². The molecule has 2 rings (SSSR count). The molecule has 1 aromatic rings. The molecule has 0 radical (unpaired) electrons. The summed E-state index contributed by atoms with van der Waals surface area (Å²) in [6.07, 6.45) is 3.89. The van der Waals surface area contributed by atoms with Crippen LogP contribution in [0.3, 0.4) is 0 Å². The summed E-state index contributed by atoms with van der Waals surface area (Å²) in [7, 11) is 0. The van der Waals surface area contributed by atoms with Crippen LogP contribution in [0.4, 0.5) is 4.39 Å². The summed E-state index contributed by atoms with van der Waals surface area (Å²) >= 11 is 3.30. The maximum Gasteiger partial charge on any atom is 0.118 e. The van der Waals surface area contributed by atoms with E-state index in [1.54, 1.807) is 6.20 Å². The van der Waals surface area contributed by atoms with E-state index in [-0.39, 0.29) is 6.04 Å². The van der Waals surface area contributed by atoms with Gasteiger partial charge in [-0.3, -0.25) is 4.98 Å². The average molecular weight is 273 g/mol. The van der Waals surface area contributed by atoms with Crippen LogP contribution in [0, 0.1) is 0 Å². The van der Waals surface area contributed by atoms with Gasteiger partial charge in [0.25, 0.3) is 0 Å². The first-order valence-electron chi connectivity index (χ1n) is 5.12. The Bertz CT molecular complexity index is 341. The number of aromatic nitrogens is 1. The monoisotopic (exact) mass is 272 g/mol. The lowest BCUT2D eigenvalue weighted by molar-refractivity contribution is 0.169. The van der Waals surface area contributed by atoms with Crippen LogP contribution in [0.15, 0.2) is 22.8 Å². The zero-order chi connectivity index (χ0) is 10.9. The molecular weight excluding hydrogens is 259 g/mol. The predicted octanol–water partition coefficient (Wildman–Crippen LogP) is 2.61. The number of nitrogens with zero attached hydrogens (tertiary/aromatic N) is 1. The quantitative estimate of drug-likeness (QED) is 0.899. The lowest BCUT2D eigenvalue weighted by Gasteiger charge is -2.18. The van der Waals surface area contributed by atoms with E-state index >= 15 is 0 Å². The highest BCUT2D eigenvalue weighted by Gasteiger charge is 2.38. The first-order valence-corrected chi connectivity index (χ1v) is 5.92. The highest BCUT2D eigenvalue weighted by atomic mass is 79.9. The summed E-state index contributed by atoms with van der Waals surface area (Å²) in [5.41, 5.74) is 5.38. The average Bonchev–Trinajstić information content (AvgIpc) is 2.50. The number of hydrogen-bond acceptors (Lipinski definition) is 2. The largest absolute Gasteiger partial charge is 0.328 e. The second kappa shape index (κ2) is 4.18. The third kappa shape index (κ3) is 2.75. The van der Waals surface area contributed by atoms with Crippen LogP contribution in [-0.4, -0.2) is 16.7 Å². The predicted molar refractivity (Wildman–Crippen MR) is 61.3 cm³/mol. The molecule has 82 valence electrons. The van der Waals surface area contributed by atoms with Crippen LogP contribution in [0.1, 0.15) is 25.0 Å². The molecule has 0 aromatic carbocycles. The molecule has 15 heavy (non-hydrogen) atoms. The van der Waals surface area contributed by atoms with Crippen LogP contribution in [0.25, 0.3) is 0 Å². The fourth-order valence-electron chi connectivity index (χ4n) is 2.11. The van der Waals surface area contributed by atoms with Gasteiger partial charge in [0.15, 0.2) is 0 Å². The number of alkyl halides is 1. The second-order valence-corrected chi connectivity index (χ2v) is 5.21. The molecule has 2 atom stereocenters. The summed E-state index contributed by atoms with van der Waals surface area (Å²) in [5, 5.41) is 0. The summed E-state index contributed by atoms with van der Waals surface area (Å²) < 4.78 is 15.1. The normalized spacial score (nSPS) is 30.7. The molecule has 2 nitrogen and oxygen atoms in total. The first kappa shape index (κ1) is 11.0. The van der Waals surface area contributed by atoms with Gasteiger partial charge in [-0.15, -0.1) is 0 Å². The van der Waals surface area contributed by atoms with E-state index in [9.17, 15) is 4.39 Å². The van der Waals surface area contributed by atoms with E-state index in [1.165, 1.54) is 0 Å². The SMILES string of the molecule is NC1CCC(F)(Cc2ccc(Br)cn2)C1. The molecule has 1 aromatic heterocycles. The second-order valence-electron chi connectivity index (χ2n) is 4.30. The Morgan fingerprint density at radius 3 is 2.93 bits per heavy atom. The third-order valence-corrected chi connectivity index (χ3v) is 3.35. The van der Waals surface area contributed by atoms with Crippen molar-refractivity contribution in [2.24, 2.45) is 5.73 Å². The highest BCUT2D eigenvalue weighted by Crippen LogP contribution is 2.35. The van der Waals surface area contributed by atoms with Crippen molar-refractivity contribution in [2.75, 3.05) is 0 Å². The standard InChI is InChI=1S/C11H14BrFN2/c12-8-1-2-10(15-7-8)6-11(13)4-3-9(14)5-11/h1-2,7,9H,3-6,14H2. The molecule has 2 N–H and O–H groups in total. The van der Waals surface area contributed by atoms with Crippen molar-refractivity contribution in [3.05, 3.63) is 28.5 Å². The number of pyridine rings is 1. The number of nitrogens with two attached hydrogens (primary N) is 1. The highest BCUT2D eigenvalue weighted by molar-refractivity contribution is 9.10. The molecule has 0 bridgehead atoms. The van der Waals surface area contributed by atoms with E-state index in [0.29, 0.717) is 19.3 Å². The van der Waals surface area contributed by atoms with Crippen molar-refractivity contribution in [2.45, 2.75) is 37.4 Å². The van der Waals surface area contributed by atoms with Crippen LogP contribution >= 0.6 is 15.9 Å². The Morgan fingerprint density at radius 1 is 1.60 bits per heavy atom. The fourth-order valence-corrected chi connectivity index (χ4v) is 2.35. The first-order chi connectivity index (χ1) is 7.07. The van der Waals surface area contributed by atoms with Gasteiger partial charge in [0.05, 0.1) is 0 Å². The molecule has 1 aliphatic carbocycles. The van der Waals surface area contributed by atoms with E-state index in [0.717, 1.165) is 16.6 Å². The molecule has 1 saturated carbocycles. The number of halogens is 2. The molecule has 0 saturated heterocycles. The van der Waals surface area contributed by atoms with Crippen molar-refractivity contribution in [3.63, 3.8) is 0 Å². The molecule has 0 amide bonds. The summed E-state index contributed by atoms with van der Waals surface area (Å²) in [4.78, 5) is 4.18. The Morgan fingerprint density at radius 2 is 2.40 bits per heavy atom. The molecule has 1 fully saturated rings. The Labute approximate surface area is 97.2 Å². The maximum absolute atomic E-state index is 14.2. The molecule has 0 aliphatic heterocycles. The fraction of sp³-hybridized carbons (Fsp3) is 0.545. The minimum Gasteiger partial charge on any atom is -0.328 e.